The monoisotopic (exact) mass is 460 g/mol. The summed E-state index contributed by atoms with van der Waals surface area (Å²) < 4.78 is 4.64. The summed E-state index contributed by atoms with van der Waals surface area (Å²) in [4.78, 5) is 37.9. The molecule has 33 heavy (non-hydrogen) atoms. The highest BCUT2D eigenvalue weighted by molar-refractivity contribution is 8.00. The van der Waals surface area contributed by atoms with Crippen LogP contribution in [0.4, 0.5) is 5.69 Å². The van der Waals surface area contributed by atoms with Crippen molar-refractivity contribution >= 4 is 41.3 Å². The number of carbonyl (C=O) groups excluding carboxylic acids is 3. The number of benzene rings is 3. The predicted molar refractivity (Wildman–Crippen MR) is 131 cm³/mol. The van der Waals surface area contributed by atoms with E-state index >= 15 is 0 Å². The number of hydrogen-bond donors (Lipinski definition) is 2. The summed E-state index contributed by atoms with van der Waals surface area (Å²) in [6.07, 6.45) is 1.64. The lowest BCUT2D eigenvalue weighted by Gasteiger charge is -2.12. The molecule has 2 amide bonds. The third-order valence-corrected chi connectivity index (χ3v) is 5.60. The number of esters is 1. The van der Waals surface area contributed by atoms with Crippen molar-refractivity contribution in [2.75, 3.05) is 18.2 Å². The van der Waals surface area contributed by atoms with Gasteiger partial charge in [0.25, 0.3) is 11.8 Å². The van der Waals surface area contributed by atoms with Crippen molar-refractivity contribution in [1.82, 2.24) is 5.32 Å². The topological polar surface area (TPSA) is 84.5 Å². The quantitative estimate of drug-likeness (QED) is 0.290. The Morgan fingerprint density at radius 3 is 2.21 bits per heavy atom. The van der Waals surface area contributed by atoms with Gasteiger partial charge in [-0.05, 0) is 55.0 Å². The van der Waals surface area contributed by atoms with E-state index in [9.17, 15) is 14.4 Å². The van der Waals surface area contributed by atoms with Gasteiger partial charge in [-0.1, -0.05) is 48.0 Å². The number of amides is 2. The van der Waals surface area contributed by atoms with Gasteiger partial charge in [0.05, 0.1) is 12.9 Å². The lowest BCUT2D eigenvalue weighted by atomic mass is 10.1. The second-order valence-corrected chi connectivity index (χ2v) is 8.18. The van der Waals surface area contributed by atoms with E-state index in [0.29, 0.717) is 11.3 Å². The minimum Gasteiger partial charge on any atom is -0.468 e. The number of methoxy groups -OCH3 is 1. The van der Waals surface area contributed by atoms with Crippen LogP contribution in [0.2, 0.25) is 0 Å². The fourth-order valence-corrected chi connectivity index (χ4v) is 3.54. The molecule has 6 nitrogen and oxygen atoms in total. The fourth-order valence-electron chi connectivity index (χ4n) is 2.81. The molecule has 2 N–H and O–H groups in total. The first-order valence-electron chi connectivity index (χ1n) is 10.2. The summed E-state index contributed by atoms with van der Waals surface area (Å²) in [6, 6.07) is 23.4. The van der Waals surface area contributed by atoms with Crippen LogP contribution in [0.5, 0.6) is 0 Å². The lowest BCUT2D eigenvalue weighted by Crippen LogP contribution is -2.30. The lowest BCUT2D eigenvalue weighted by molar-refractivity contribution is -0.137. The largest absolute Gasteiger partial charge is 0.468 e. The number of thioether (sulfide) groups is 1. The third kappa shape index (κ3) is 7.36. The summed E-state index contributed by atoms with van der Waals surface area (Å²) >= 11 is 1.34. The van der Waals surface area contributed by atoms with Gasteiger partial charge in [0, 0.05) is 16.1 Å². The van der Waals surface area contributed by atoms with Gasteiger partial charge >= 0.3 is 5.97 Å². The van der Waals surface area contributed by atoms with Crippen LogP contribution in [-0.4, -0.2) is 30.6 Å². The Hall–Kier alpha value is -3.84. The van der Waals surface area contributed by atoms with E-state index in [4.69, 9.17) is 0 Å². The Bertz CT molecular complexity index is 1140. The number of nitrogens with one attached hydrogen (secondary N) is 2. The first-order valence-corrected chi connectivity index (χ1v) is 11.2. The number of aryl methyl sites for hydroxylation is 1. The zero-order valence-electron chi connectivity index (χ0n) is 18.3. The molecule has 7 heteroatoms. The van der Waals surface area contributed by atoms with E-state index in [1.165, 1.54) is 18.9 Å². The van der Waals surface area contributed by atoms with Gasteiger partial charge in [-0.3, -0.25) is 14.4 Å². The number of carbonyl (C=O) groups is 3. The van der Waals surface area contributed by atoms with Crippen LogP contribution in [0, 0.1) is 6.92 Å². The molecular formula is C26H24N2O4S. The molecule has 3 rings (SSSR count). The highest BCUT2D eigenvalue weighted by Crippen LogP contribution is 2.21. The number of hydrogen-bond acceptors (Lipinski definition) is 5. The molecule has 168 valence electrons. The molecule has 0 bridgehead atoms. The minimum absolute atomic E-state index is 0.122. The Labute approximate surface area is 197 Å². The number of ether oxygens (including phenoxy) is 1. The van der Waals surface area contributed by atoms with Crippen molar-refractivity contribution < 1.29 is 19.1 Å². The summed E-state index contributed by atoms with van der Waals surface area (Å²) in [6.45, 7) is 1.98. The predicted octanol–water partition coefficient (Wildman–Crippen LogP) is 4.67. The fraction of sp³-hybridized carbons (Fsp3) is 0.115. The molecule has 0 unspecified atom stereocenters. The van der Waals surface area contributed by atoms with Gasteiger partial charge in [-0.25, -0.2) is 0 Å². The van der Waals surface area contributed by atoms with Crippen molar-refractivity contribution in [3.05, 3.63) is 101 Å². The van der Waals surface area contributed by atoms with Crippen LogP contribution in [0.15, 0.2) is 89.5 Å². The van der Waals surface area contributed by atoms with Gasteiger partial charge in [0.1, 0.15) is 5.70 Å². The average Bonchev–Trinajstić information content (AvgIpc) is 2.84. The normalized spacial score (nSPS) is 10.9. The van der Waals surface area contributed by atoms with Crippen LogP contribution in [0.1, 0.15) is 21.5 Å². The molecule has 3 aromatic rings. The molecule has 0 spiro atoms. The van der Waals surface area contributed by atoms with E-state index in [1.807, 2.05) is 37.3 Å². The molecule has 0 radical (unpaired) electrons. The van der Waals surface area contributed by atoms with E-state index in [2.05, 4.69) is 15.4 Å². The summed E-state index contributed by atoms with van der Waals surface area (Å²) in [5, 5.41) is 5.53. The van der Waals surface area contributed by atoms with Crippen LogP contribution in [0.3, 0.4) is 0 Å². The smallest absolute Gasteiger partial charge is 0.315 e. The van der Waals surface area contributed by atoms with Gasteiger partial charge in [0.2, 0.25) is 0 Å². The molecule has 0 fully saturated rings. The SMILES string of the molecule is COC(=O)CSc1ccc(NC(=O)/C(=C/c2ccc(C)cc2)NC(=O)c2ccccc2)cc1. The molecule has 0 aromatic heterocycles. The molecule has 0 aliphatic carbocycles. The van der Waals surface area contributed by atoms with Crippen LogP contribution in [-0.2, 0) is 14.3 Å². The first-order chi connectivity index (χ1) is 15.9. The van der Waals surface area contributed by atoms with Gasteiger partial charge in [0.15, 0.2) is 0 Å². The van der Waals surface area contributed by atoms with Crippen molar-refractivity contribution in [1.29, 1.82) is 0 Å². The van der Waals surface area contributed by atoms with Crippen LogP contribution < -0.4 is 10.6 Å². The summed E-state index contributed by atoms with van der Waals surface area (Å²) in [7, 11) is 1.35. The van der Waals surface area contributed by atoms with Crippen molar-refractivity contribution in [3.8, 4) is 0 Å². The zero-order valence-corrected chi connectivity index (χ0v) is 19.1. The standard InChI is InChI=1S/C26H24N2O4S/c1-18-8-10-19(11-9-18)16-23(28-25(30)20-6-4-3-5-7-20)26(31)27-21-12-14-22(15-13-21)33-17-24(29)32-2/h3-16H,17H2,1-2H3,(H,27,31)(H,28,30)/b23-16-. The summed E-state index contributed by atoms with van der Waals surface area (Å²) in [5.74, 6) is -0.928. The molecule has 0 saturated carbocycles. The van der Waals surface area contributed by atoms with Crippen molar-refractivity contribution in [3.63, 3.8) is 0 Å². The molecule has 0 saturated heterocycles. The van der Waals surface area contributed by atoms with E-state index in [-0.39, 0.29) is 23.3 Å². The second-order valence-electron chi connectivity index (χ2n) is 7.13. The molecule has 0 atom stereocenters. The van der Waals surface area contributed by atoms with E-state index < -0.39 is 5.91 Å². The Kier molecular flexibility index (Phi) is 8.43. The maximum atomic E-state index is 13.0. The average molecular weight is 461 g/mol. The summed E-state index contributed by atoms with van der Waals surface area (Å²) in [5.41, 5.74) is 3.01. The molecular weight excluding hydrogens is 436 g/mol. The molecule has 0 aliphatic rings. The van der Waals surface area contributed by atoms with Gasteiger partial charge in [-0.15, -0.1) is 11.8 Å². The Balaban J connectivity index is 1.76. The first kappa shape index (κ1) is 23.8. The Morgan fingerprint density at radius 1 is 0.909 bits per heavy atom. The van der Waals surface area contributed by atoms with Crippen molar-refractivity contribution in [2.45, 2.75) is 11.8 Å². The zero-order chi connectivity index (χ0) is 23.6. The van der Waals surface area contributed by atoms with Gasteiger partial charge in [-0.2, -0.15) is 0 Å². The van der Waals surface area contributed by atoms with E-state index in [0.717, 1.165) is 16.0 Å². The Morgan fingerprint density at radius 2 is 1.58 bits per heavy atom. The molecule has 0 heterocycles. The van der Waals surface area contributed by atoms with E-state index in [1.54, 1.807) is 54.6 Å². The minimum atomic E-state index is -0.449. The molecule has 3 aromatic carbocycles. The highest BCUT2D eigenvalue weighted by atomic mass is 32.2. The number of anilines is 1. The van der Waals surface area contributed by atoms with Crippen molar-refractivity contribution in [2.24, 2.45) is 0 Å². The molecule has 0 aliphatic heterocycles. The second kappa shape index (κ2) is 11.7. The van der Waals surface area contributed by atoms with Crippen LogP contribution >= 0.6 is 11.8 Å². The highest BCUT2D eigenvalue weighted by Gasteiger charge is 2.15. The third-order valence-electron chi connectivity index (χ3n) is 4.61. The van der Waals surface area contributed by atoms with Gasteiger partial charge < -0.3 is 15.4 Å². The number of rotatable bonds is 8. The maximum absolute atomic E-state index is 13.0. The van der Waals surface area contributed by atoms with Crippen LogP contribution in [0.25, 0.3) is 6.08 Å². The maximum Gasteiger partial charge on any atom is 0.315 e.